The summed E-state index contributed by atoms with van der Waals surface area (Å²) in [6.07, 6.45) is 1.49. The summed E-state index contributed by atoms with van der Waals surface area (Å²) in [6.45, 7) is 4.17. The minimum Gasteiger partial charge on any atom is -0.488 e. The van der Waals surface area contributed by atoms with Crippen LogP contribution in [0, 0.1) is 5.41 Å². The van der Waals surface area contributed by atoms with E-state index < -0.39 is 0 Å². The number of hydrogen-bond donors (Lipinski definition) is 1. The number of halogens is 2. The Labute approximate surface area is 119 Å². The van der Waals surface area contributed by atoms with Crippen molar-refractivity contribution in [1.29, 1.82) is 0 Å². The molecule has 0 amide bonds. The van der Waals surface area contributed by atoms with Crippen LogP contribution in [-0.4, -0.2) is 17.3 Å². The van der Waals surface area contributed by atoms with Gasteiger partial charge in [0.1, 0.15) is 11.9 Å². The zero-order valence-corrected chi connectivity index (χ0v) is 13.1. The van der Waals surface area contributed by atoms with Crippen molar-refractivity contribution in [3.63, 3.8) is 0 Å². The van der Waals surface area contributed by atoms with Gasteiger partial charge in [0.2, 0.25) is 0 Å². The first kappa shape index (κ1) is 13.4. The highest BCUT2D eigenvalue weighted by atomic mass is 79.9. The van der Waals surface area contributed by atoms with E-state index in [1.807, 2.05) is 18.2 Å². The predicted octanol–water partition coefficient (Wildman–Crippen LogP) is 4.14. The highest BCUT2D eigenvalue weighted by molar-refractivity contribution is 9.11. The fourth-order valence-electron chi connectivity index (χ4n) is 2.17. The van der Waals surface area contributed by atoms with E-state index in [1.165, 1.54) is 0 Å². The maximum atomic E-state index is 9.83. The van der Waals surface area contributed by atoms with Crippen LogP contribution in [0.25, 0.3) is 0 Å². The number of benzene rings is 1. The molecule has 0 radical (unpaired) electrons. The van der Waals surface area contributed by atoms with E-state index in [-0.39, 0.29) is 17.6 Å². The first-order valence-electron chi connectivity index (χ1n) is 5.77. The summed E-state index contributed by atoms with van der Waals surface area (Å²) < 4.78 is 7.94. The second-order valence-electron chi connectivity index (χ2n) is 4.79. The van der Waals surface area contributed by atoms with Gasteiger partial charge < -0.3 is 9.84 Å². The second-order valence-corrected chi connectivity index (χ2v) is 6.56. The van der Waals surface area contributed by atoms with Crippen molar-refractivity contribution < 1.29 is 9.84 Å². The summed E-state index contributed by atoms with van der Waals surface area (Å²) >= 11 is 6.90. The molecule has 3 atom stereocenters. The third-order valence-electron chi connectivity index (χ3n) is 3.86. The predicted molar refractivity (Wildman–Crippen MR) is 75.3 cm³/mol. The van der Waals surface area contributed by atoms with E-state index in [0.29, 0.717) is 6.42 Å². The van der Waals surface area contributed by atoms with Crippen LogP contribution in [0.15, 0.2) is 27.1 Å². The van der Waals surface area contributed by atoms with Crippen LogP contribution in [0.5, 0.6) is 5.75 Å². The molecule has 17 heavy (non-hydrogen) atoms. The van der Waals surface area contributed by atoms with Crippen molar-refractivity contribution in [3.8, 4) is 5.75 Å². The average Bonchev–Trinajstić information content (AvgIpc) is 2.30. The Bertz CT molecular complexity index is 422. The summed E-state index contributed by atoms with van der Waals surface area (Å²) in [5, 5.41) is 9.83. The van der Waals surface area contributed by atoms with Crippen molar-refractivity contribution in [2.75, 3.05) is 0 Å². The summed E-state index contributed by atoms with van der Waals surface area (Å²) in [7, 11) is 0. The maximum absolute atomic E-state index is 9.83. The molecule has 1 aromatic carbocycles. The van der Waals surface area contributed by atoms with E-state index in [2.05, 4.69) is 45.7 Å². The molecule has 0 aliphatic heterocycles. The molecule has 4 heteroatoms. The van der Waals surface area contributed by atoms with Crippen molar-refractivity contribution in [1.82, 2.24) is 0 Å². The summed E-state index contributed by atoms with van der Waals surface area (Å²) in [5.74, 6) is 0.838. The summed E-state index contributed by atoms with van der Waals surface area (Å²) in [6, 6.07) is 5.86. The molecule has 2 rings (SSSR count). The fraction of sp³-hybridized carbons (Fsp3) is 0.538. The van der Waals surface area contributed by atoms with Crippen molar-refractivity contribution >= 4 is 31.9 Å². The molecule has 1 aliphatic carbocycles. The third kappa shape index (κ3) is 2.40. The van der Waals surface area contributed by atoms with Gasteiger partial charge in [-0.3, -0.25) is 0 Å². The lowest BCUT2D eigenvalue weighted by Crippen LogP contribution is -2.57. The van der Waals surface area contributed by atoms with Crippen LogP contribution in [-0.2, 0) is 0 Å². The molecule has 0 spiro atoms. The zero-order valence-electron chi connectivity index (χ0n) is 9.91. The summed E-state index contributed by atoms with van der Waals surface area (Å²) in [5.41, 5.74) is -0.119. The van der Waals surface area contributed by atoms with Crippen molar-refractivity contribution in [2.24, 2.45) is 5.41 Å². The first-order valence-corrected chi connectivity index (χ1v) is 7.35. The van der Waals surface area contributed by atoms with Gasteiger partial charge in [-0.15, -0.1) is 0 Å². The van der Waals surface area contributed by atoms with Crippen LogP contribution < -0.4 is 4.74 Å². The van der Waals surface area contributed by atoms with E-state index >= 15 is 0 Å². The normalized spacial score (nSPS) is 32.1. The van der Waals surface area contributed by atoms with Crippen LogP contribution >= 0.6 is 31.9 Å². The fourth-order valence-corrected chi connectivity index (χ4v) is 3.31. The van der Waals surface area contributed by atoms with Gasteiger partial charge >= 0.3 is 0 Å². The molecule has 94 valence electrons. The van der Waals surface area contributed by atoms with E-state index in [4.69, 9.17) is 4.74 Å². The van der Waals surface area contributed by atoms with E-state index in [9.17, 15) is 5.11 Å². The second kappa shape index (κ2) is 4.90. The molecular formula is C13H16Br2O2. The highest BCUT2D eigenvalue weighted by Gasteiger charge is 2.51. The quantitative estimate of drug-likeness (QED) is 0.874. The molecular weight excluding hydrogens is 348 g/mol. The van der Waals surface area contributed by atoms with Crippen molar-refractivity contribution in [3.05, 3.63) is 27.1 Å². The van der Waals surface area contributed by atoms with Crippen LogP contribution in [0.4, 0.5) is 0 Å². The van der Waals surface area contributed by atoms with Gasteiger partial charge in [0.05, 0.1) is 10.6 Å². The SMILES string of the molecule is CCC1(C)C(O)CC1Oc1ccc(Br)cc1Br. The molecule has 0 saturated heterocycles. The lowest BCUT2D eigenvalue weighted by Gasteiger charge is -2.50. The van der Waals surface area contributed by atoms with Gasteiger partial charge in [0, 0.05) is 16.3 Å². The van der Waals surface area contributed by atoms with Crippen LogP contribution in [0.3, 0.4) is 0 Å². The van der Waals surface area contributed by atoms with Crippen LogP contribution in [0.2, 0.25) is 0 Å². The molecule has 0 bridgehead atoms. The number of ether oxygens (including phenoxy) is 1. The Morgan fingerprint density at radius 1 is 1.47 bits per heavy atom. The number of aliphatic hydroxyl groups excluding tert-OH is 1. The van der Waals surface area contributed by atoms with E-state index in [1.54, 1.807) is 0 Å². The lowest BCUT2D eigenvalue weighted by molar-refractivity contribution is -0.147. The number of hydrogen-bond acceptors (Lipinski definition) is 2. The molecule has 1 N–H and O–H groups in total. The molecule has 2 nitrogen and oxygen atoms in total. The van der Waals surface area contributed by atoms with E-state index in [0.717, 1.165) is 21.1 Å². The molecule has 0 heterocycles. The third-order valence-corrected chi connectivity index (χ3v) is 4.97. The van der Waals surface area contributed by atoms with Gasteiger partial charge in [0.25, 0.3) is 0 Å². The first-order chi connectivity index (χ1) is 7.97. The Kier molecular flexibility index (Phi) is 3.86. The minimum atomic E-state index is -0.244. The van der Waals surface area contributed by atoms with Gasteiger partial charge in [-0.2, -0.15) is 0 Å². The molecule has 1 saturated carbocycles. The summed E-state index contributed by atoms with van der Waals surface area (Å²) in [4.78, 5) is 0. The zero-order chi connectivity index (χ0) is 12.6. The molecule has 0 aromatic heterocycles. The Morgan fingerprint density at radius 2 is 2.18 bits per heavy atom. The molecule has 3 unspecified atom stereocenters. The Morgan fingerprint density at radius 3 is 2.71 bits per heavy atom. The Hall–Kier alpha value is -0.0600. The maximum Gasteiger partial charge on any atom is 0.134 e. The Balaban J connectivity index is 2.12. The van der Waals surface area contributed by atoms with Gasteiger partial charge in [-0.05, 0) is 40.5 Å². The molecule has 1 fully saturated rings. The van der Waals surface area contributed by atoms with Crippen LogP contribution in [0.1, 0.15) is 26.7 Å². The lowest BCUT2D eigenvalue weighted by atomic mass is 9.63. The molecule has 1 aliphatic rings. The van der Waals surface area contributed by atoms with Crippen molar-refractivity contribution in [2.45, 2.75) is 38.9 Å². The van der Waals surface area contributed by atoms with Gasteiger partial charge in [0.15, 0.2) is 0 Å². The number of aliphatic hydroxyl groups is 1. The highest BCUT2D eigenvalue weighted by Crippen LogP contribution is 2.46. The standard InChI is InChI=1S/C13H16Br2O2/c1-3-13(2)11(16)7-12(13)17-10-5-4-8(14)6-9(10)15/h4-6,11-12,16H,3,7H2,1-2H3. The molecule has 1 aromatic rings. The van der Waals surface area contributed by atoms with Gasteiger partial charge in [-0.1, -0.05) is 29.8 Å². The smallest absolute Gasteiger partial charge is 0.134 e. The van der Waals surface area contributed by atoms with Gasteiger partial charge in [-0.25, -0.2) is 0 Å². The minimum absolute atomic E-state index is 0.0972. The average molecular weight is 364 g/mol. The largest absolute Gasteiger partial charge is 0.488 e. The monoisotopic (exact) mass is 362 g/mol. The topological polar surface area (TPSA) is 29.5 Å². The number of rotatable bonds is 3.